The number of aliphatic hydroxyl groups is 1. The molecule has 0 aliphatic carbocycles. The Hall–Kier alpha value is -2.80. The van der Waals surface area contributed by atoms with E-state index in [1.807, 2.05) is 22.9 Å². The van der Waals surface area contributed by atoms with Gasteiger partial charge in [-0.3, -0.25) is 4.68 Å². The van der Waals surface area contributed by atoms with Gasteiger partial charge in [0.25, 0.3) is 0 Å². The highest BCUT2D eigenvalue weighted by Gasteiger charge is 2.24. The van der Waals surface area contributed by atoms with Gasteiger partial charge in [0.2, 0.25) is 0 Å². The molecule has 1 aromatic carbocycles. The Morgan fingerprint density at radius 1 is 1.00 bits per heavy atom. The Kier molecular flexibility index (Phi) is 5.11. The van der Waals surface area contributed by atoms with Gasteiger partial charge in [-0.25, -0.2) is 4.39 Å². The Morgan fingerprint density at radius 3 is 2.44 bits per heavy atom. The zero-order valence-electron chi connectivity index (χ0n) is 15.0. The van der Waals surface area contributed by atoms with Crippen molar-refractivity contribution >= 4 is 5.82 Å². The largest absolute Gasteiger partial charge is 0.394 e. The van der Waals surface area contributed by atoms with Crippen molar-refractivity contribution in [3.63, 3.8) is 0 Å². The standard InChI is InChI=1S/C20H22FN5O/c21-17-3-1-15(2-4-17)18-5-6-20(24-23-18)25-11-8-16(9-12-25)19-7-10-22-26(19)13-14-27/h1-7,10,16,27H,8-9,11-14H2. The summed E-state index contributed by atoms with van der Waals surface area (Å²) < 4.78 is 15.0. The molecule has 1 aliphatic heterocycles. The fraction of sp³-hybridized carbons (Fsp3) is 0.350. The number of hydrogen-bond acceptors (Lipinski definition) is 5. The topological polar surface area (TPSA) is 67.1 Å². The van der Waals surface area contributed by atoms with E-state index < -0.39 is 0 Å². The molecule has 4 rings (SSSR count). The fourth-order valence-electron chi connectivity index (χ4n) is 3.64. The van der Waals surface area contributed by atoms with Crippen LogP contribution in [0.15, 0.2) is 48.7 Å². The molecule has 3 aromatic rings. The number of hydrogen-bond donors (Lipinski definition) is 1. The van der Waals surface area contributed by atoms with Crippen molar-refractivity contribution in [2.24, 2.45) is 0 Å². The molecule has 27 heavy (non-hydrogen) atoms. The summed E-state index contributed by atoms with van der Waals surface area (Å²) >= 11 is 0. The van der Waals surface area contributed by atoms with Gasteiger partial charge in [0.05, 0.1) is 18.8 Å². The third-order valence-corrected chi connectivity index (χ3v) is 5.09. The minimum Gasteiger partial charge on any atom is -0.394 e. The summed E-state index contributed by atoms with van der Waals surface area (Å²) in [5.74, 6) is 1.05. The van der Waals surface area contributed by atoms with Gasteiger partial charge in [-0.05, 0) is 55.3 Å². The van der Waals surface area contributed by atoms with E-state index >= 15 is 0 Å². The molecule has 1 N–H and O–H groups in total. The average molecular weight is 367 g/mol. The molecule has 2 aromatic heterocycles. The summed E-state index contributed by atoms with van der Waals surface area (Å²) in [7, 11) is 0. The van der Waals surface area contributed by atoms with Crippen molar-refractivity contribution < 1.29 is 9.50 Å². The molecule has 140 valence electrons. The van der Waals surface area contributed by atoms with Gasteiger partial charge < -0.3 is 10.0 Å². The SMILES string of the molecule is OCCn1nccc1C1CCN(c2ccc(-c3ccc(F)cc3)nn2)CC1. The summed E-state index contributed by atoms with van der Waals surface area (Å²) in [6, 6.07) is 12.2. The van der Waals surface area contributed by atoms with E-state index in [2.05, 4.69) is 20.2 Å². The minimum atomic E-state index is -0.258. The molecule has 7 heteroatoms. The zero-order chi connectivity index (χ0) is 18.6. The van der Waals surface area contributed by atoms with Crippen LogP contribution in [0.25, 0.3) is 11.3 Å². The van der Waals surface area contributed by atoms with Crippen LogP contribution in [0.4, 0.5) is 10.2 Å². The maximum absolute atomic E-state index is 13.1. The maximum atomic E-state index is 13.1. The Bertz CT molecular complexity index is 870. The minimum absolute atomic E-state index is 0.101. The van der Waals surface area contributed by atoms with Crippen molar-refractivity contribution in [1.82, 2.24) is 20.0 Å². The highest BCUT2D eigenvalue weighted by atomic mass is 19.1. The summed E-state index contributed by atoms with van der Waals surface area (Å²) in [5, 5.41) is 22.1. The third-order valence-electron chi connectivity index (χ3n) is 5.09. The Balaban J connectivity index is 1.41. The van der Waals surface area contributed by atoms with Crippen molar-refractivity contribution in [2.45, 2.75) is 25.3 Å². The van der Waals surface area contributed by atoms with Crippen LogP contribution < -0.4 is 4.90 Å². The lowest BCUT2D eigenvalue weighted by Gasteiger charge is -2.32. The molecular weight excluding hydrogens is 345 g/mol. The lowest BCUT2D eigenvalue weighted by Crippen LogP contribution is -2.34. The first-order valence-corrected chi connectivity index (χ1v) is 9.22. The number of anilines is 1. The second kappa shape index (κ2) is 7.84. The lowest BCUT2D eigenvalue weighted by atomic mass is 9.93. The summed E-state index contributed by atoms with van der Waals surface area (Å²) in [6.45, 7) is 2.45. The van der Waals surface area contributed by atoms with E-state index in [1.54, 1.807) is 18.3 Å². The molecule has 1 aliphatic rings. The summed E-state index contributed by atoms with van der Waals surface area (Å²) in [4.78, 5) is 2.24. The zero-order valence-corrected chi connectivity index (χ0v) is 15.0. The van der Waals surface area contributed by atoms with E-state index in [9.17, 15) is 4.39 Å². The predicted molar refractivity (Wildman–Crippen MR) is 101 cm³/mol. The molecule has 0 atom stereocenters. The molecule has 0 radical (unpaired) electrons. The van der Waals surface area contributed by atoms with Gasteiger partial charge in [-0.2, -0.15) is 5.10 Å². The molecule has 1 saturated heterocycles. The number of halogens is 1. The highest BCUT2D eigenvalue weighted by molar-refractivity contribution is 5.59. The van der Waals surface area contributed by atoms with E-state index in [1.165, 1.54) is 17.8 Å². The van der Waals surface area contributed by atoms with Gasteiger partial charge in [0.1, 0.15) is 5.82 Å². The molecular formula is C20H22FN5O. The first kappa shape index (κ1) is 17.6. The second-order valence-corrected chi connectivity index (χ2v) is 6.75. The van der Waals surface area contributed by atoms with Crippen LogP contribution in [-0.2, 0) is 6.54 Å². The second-order valence-electron chi connectivity index (χ2n) is 6.75. The van der Waals surface area contributed by atoms with E-state index in [-0.39, 0.29) is 12.4 Å². The van der Waals surface area contributed by atoms with Gasteiger partial charge in [0.15, 0.2) is 5.82 Å². The Labute approximate surface area is 157 Å². The number of rotatable bonds is 5. The molecule has 6 nitrogen and oxygen atoms in total. The van der Waals surface area contributed by atoms with Crippen LogP contribution in [0.1, 0.15) is 24.5 Å². The number of aromatic nitrogens is 4. The van der Waals surface area contributed by atoms with Crippen LogP contribution >= 0.6 is 0 Å². The van der Waals surface area contributed by atoms with E-state index in [0.717, 1.165) is 43.0 Å². The maximum Gasteiger partial charge on any atom is 0.151 e. The van der Waals surface area contributed by atoms with Gasteiger partial charge in [-0.15, -0.1) is 10.2 Å². The first-order valence-electron chi connectivity index (χ1n) is 9.22. The van der Waals surface area contributed by atoms with Gasteiger partial charge in [0, 0.05) is 36.5 Å². The van der Waals surface area contributed by atoms with Gasteiger partial charge >= 0.3 is 0 Å². The molecule has 0 saturated carbocycles. The molecule has 3 heterocycles. The van der Waals surface area contributed by atoms with Crippen molar-refractivity contribution in [2.75, 3.05) is 24.6 Å². The lowest BCUT2D eigenvalue weighted by molar-refractivity contribution is 0.265. The quantitative estimate of drug-likeness (QED) is 0.751. The highest BCUT2D eigenvalue weighted by Crippen LogP contribution is 2.30. The summed E-state index contributed by atoms with van der Waals surface area (Å²) in [5.41, 5.74) is 2.79. The number of nitrogens with zero attached hydrogens (tertiary/aromatic N) is 5. The fourth-order valence-corrected chi connectivity index (χ4v) is 3.64. The van der Waals surface area contributed by atoms with Crippen LogP contribution in [-0.4, -0.2) is 44.8 Å². The van der Waals surface area contributed by atoms with Gasteiger partial charge in [-0.1, -0.05) is 0 Å². The number of benzene rings is 1. The predicted octanol–water partition coefficient (Wildman–Crippen LogP) is 2.86. The summed E-state index contributed by atoms with van der Waals surface area (Å²) in [6.07, 6.45) is 3.83. The smallest absolute Gasteiger partial charge is 0.151 e. The molecule has 0 spiro atoms. The van der Waals surface area contributed by atoms with Crippen molar-refractivity contribution in [1.29, 1.82) is 0 Å². The van der Waals surface area contributed by atoms with E-state index in [4.69, 9.17) is 5.11 Å². The third kappa shape index (κ3) is 3.83. The van der Waals surface area contributed by atoms with Crippen LogP contribution in [0, 0.1) is 5.82 Å². The molecule has 0 amide bonds. The van der Waals surface area contributed by atoms with Crippen molar-refractivity contribution in [3.05, 3.63) is 60.2 Å². The number of aliphatic hydroxyl groups excluding tert-OH is 1. The molecule has 1 fully saturated rings. The normalized spacial score (nSPS) is 15.3. The first-order chi connectivity index (χ1) is 13.2. The molecule has 0 unspecified atom stereocenters. The van der Waals surface area contributed by atoms with Crippen molar-refractivity contribution in [3.8, 4) is 11.3 Å². The van der Waals surface area contributed by atoms with Crippen LogP contribution in [0.2, 0.25) is 0 Å². The van der Waals surface area contributed by atoms with Crippen LogP contribution in [0.3, 0.4) is 0 Å². The van der Waals surface area contributed by atoms with E-state index in [0.29, 0.717) is 12.5 Å². The Morgan fingerprint density at radius 2 is 1.78 bits per heavy atom. The number of piperidine rings is 1. The van der Waals surface area contributed by atoms with Crippen LogP contribution in [0.5, 0.6) is 0 Å². The average Bonchev–Trinajstić information content (AvgIpc) is 3.18. The molecule has 0 bridgehead atoms. The monoisotopic (exact) mass is 367 g/mol.